The van der Waals surface area contributed by atoms with E-state index in [1.54, 1.807) is 12.1 Å². The number of sulfonamides is 1. The Morgan fingerprint density at radius 1 is 1.35 bits per heavy atom. The average molecular weight is 297 g/mol. The Kier molecular flexibility index (Phi) is 4.55. The molecular formula is C14H23N3O2S. The van der Waals surface area contributed by atoms with E-state index in [2.05, 4.69) is 16.5 Å². The van der Waals surface area contributed by atoms with Crippen LogP contribution in [0.1, 0.15) is 32.6 Å². The van der Waals surface area contributed by atoms with Gasteiger partial charge in [-0.3, -0.25) is 0 Å². The van der Waals surface area contributed by atoms with Gasteiger partial charge in [0.05, 0.1) is 5.69 Å². The number of benzene rings is 1. The Labute approximate surface area is 121 Å². The third-order valence-electron chi connectivity index (χ3n) is 3.96. The highest BCUT2D eigenvalue weighted by Crippen LogP contribution is 2.33. The fourth-order valence-electron chi connectivity index (χ4n) is 2.93. The molecule has 2 rings (SSSR count). The Morgan fingerprint density at radius 2 is 2.00 bits per heavy atom. The number of hydrogen-bond acceptors (Lipinski definition) is 4. The van der Waals surface area contributed by atoms with Crippen molar-refractivity contribution < 1.29 is 8.42 Å². The molecule has 3 N–H and O–H groups in total. The summed E-state index contributed by atoms with van der Waals surface area (Å²) in [4.78, 5) is 2.46. The summed E-state index contributed by atoms with van der Waals surface area (Å²) in [6.07, 6.45) is 4.67. The van der Waals surface area contributed by atoms with E-state index in [1.807, 2.05) is 6.07 Å². The highest BCUT2D eigenvalue weighted by Gasteiger charge is 2.26. The maximum Gasteiger partial charge on any atom is 0.242 e. The molecule has 0 heterocycles. The van der Waals surface area contributed by atoms with Crippen LogP contribution in [0.15, 0.2) is 23.1 Å². The van der Waals surface area contributed by atoms with Crippen LogP contribution in [0.4, 0.5) is 11.4 Å². The van der Waals surface area contributed by atoms with E-state index in [0.29, 0.717) is 11.7 Å². The second-order valence-corrected chi connectivity index (χ2v) is 7.01. The predicted octanol–water partition coefficient (Wildman–Crippen LogP) is 1.95. The smallest absolute Gasteiger partial charge is 0.242 e. The van der Waals surface area contributed by atoms with Crippen LogP contribution in [0, 0.1) is 0 Å². The van der Waals surface area contributed by atoms with Crippen LogP contribution < -0.4 is 15.4 Å². The standard InChI is InChI=1S/C14H23N3O2S/c1-3-17(12-6-4-5-7-12)13-9-8-11(15)10-14(13)20(18,19)16-2/h8-10,12,16H,3-7,15H2,1-2H3. The van der Waals surface area contributed by atoms with Crippen molar-refractivity contribution in [1.82, 2.24) is 4.72 Å². The van der Waals surface area contributed by atoms with Crippen molar-refractivity contribution in [3.05, 3.63) is 18.2 Å². The second-order valence-electron chi connectivity index (χ2n) is 5.16. The van der Waals surface area contributed by atoms with Crippen molar-refractivity contribution in [3.8, 4) is 0 Å². The minimum atomic E-state index is -3.51. The van der Waals surface area contributed by atoms with Gasteiger partial charge in [0.25, 0.3) is 0 Å². The first-order valence-corrected chi connectivity index (χ1v) is 8.57. The van der Waals surface area contributed by atoms with E-state index in [0.717, 1.165) is 25.1 Å². The number of anilines is 2. The molecule has 0 aliphatic heterocycles. The summed E-state index contributed by atoms with van der Waals surface area (Å²) in [6, 6.07) is 5.55. The van der Waals surface area contributed by atoms with Crippen LogP contribution in [-0.2, 0) is 10.0 Å². The van der Waals surface area contributed by atoms with Crippen molar-refractivity contribution in [2.75, 3.05) is 24.2 Å². The third kappa shape index (κ3) is 2.91. The van der Waals surface area contributed by atoms with Gasteiger partial charge < -0.3 is 10.6 Å². The average Bonchev–Trinajstić information content (AvgIpc) is 2.95. The molecule has 0 aromatic heterocycles. The van der Waals surface area contributed by atoms with Gasteiger partial charge in [-0.05, 0) is 45.0 Å². The Bertz CT molecular complexity index is 566. The highest BCUT2D eigenvalue weighted by atomic mass is 32.2. The molecule has 0 bridgehead atoms. The van der Waals surface area contributed by atoms with Crippen molar-refractivity contribution in [1.29, 1.82) is 0 Å². The van der Waals surface area contributed by atoms with Gasteiger partial charge in [0, 0.05) is 18.3 Å². The van der Waals surface area contributed by atoms with Crippen molar-refractivity contribution in [3.63, 3.8) is 0 Å². The first kappa shape index (κ1) is 15.1. The van der Waals surface area contributed by atoms with Gasteiger partial charge in [-0.25, -0.2) is 13.1 Å². The summed E-state index contributed by atoms with van der Waals surface area (Å²) >= 11 is 0. The van der Waals surface area contributed by atoms with Gasteiger partial charge in [0.2, 0.25) is 10.0 Å². The van der Waals surface area contributed by atoms with E-state index < -0.39 is 10.0 Å². The van der Waals surface area contributed by atoms with E-state index in [9.17, 15) is 8.42 Å². The third-order valence-corrected chi connectivity index (χ3v) is 5.40. The van der Waals surface area contributed by atoms with Gasteiger partial charge in [-0.15, -0.1) is 0 Å². The number of nitrogens with two attached hydrogens (primary N) is 1. The Balaban J connectivity index is 2.49. The minimum absolute atomic E-state index is 0.272. The summed E-state index contributed by atoms with van der Waals surface area (Å²) in [5, 5.41) is 0. The van der Waals surface area contributed by atoms with Crippen molar-refractivity contribution in [2.24, 2.45) is 0 Å². The Morgan fingerprint density at radius 3 is 2.55 bits per heavy atom. The summed E-state index contributed by atoms with van der Waals surface area (Å²) in [6.45, 7) is 2.85. The van der Waals surface area contributed by atoms with Crippen LogP contribution in [0.2, 0.25) is 0 Å². The molecule has 1 saturated carbocycles. The lowest BCUT2D eigenvalue weighted by atomic mass is 10.1. The number of rotatable bonds is 5. The van der Waals surface area contributed by atoms with Crippen LogP contribution in [-0.4, -0.2) is 28.1 Å². The molecule has 1 aromatic rings. The second kappa shape index (κ2) is 6.01. The number of nitrogen functional groups attached to an aromatic ring is 1. The van der Waals surface area contributed by atoms with Crippen LogP contribution in [0.3, 0.4) is 0 Å². The van der Waals surface area contributed by atoms with E-state index >= 15 is 0 Å². The molecule has 112 valence electrons. The maximum absolute atomic E-state index is 12.2. The molecule has 0 unspecified atom stereocenters. The van der Waals surface area contributed by atoms with Crippen LogP contribution in [0.5, 0.6) is 0 Å². The largest absolute Gasteiger partial charge is 0.399 e. The van der Waals surface area contributed by atoms with Gasteiger partial charge in [-0.2, -0.15) is 0 Å². The molecular weight excluding hydrogens is 274 g/mol. The molecule has 0 radical (unpaired) electrons. The lowest BCUT2D eigenvalue weighted by Crippen LogP contribution is -2.35. The molecule has 0 atom stereocenters. The Hall–Kier alpha value is -1.27. The summed E-state index contributed by atoms with van der Waals surface area (Å²) in [5.41, 5.74) is 6.98. The quantitative estimate of drug-likeness (QED) is 0.815. The van der Waals surface area contributed by atoms with E-state index in [-0.39, 0.29) is 4.90 Å². The number of nitrogens with one attached hydrogen (secondary N) is 1. The first-order chi connectivity index (χ1) is 9.49. The molecule has 5 nitrogen and oxygen atoms in total. The number of hydrogen-bond donors (Lipinski definition) is 2. The van der Waals surface area contributed by atoms with Crippen molar-refractivity contribution >= 4 is 21.4 Å². The molecule has 0 spiro atoms. The zero-order valence-electron chi connectivity index (χ0n) is 12.1. The first-order valence-electron chi connectivity index (χ1n) is 7.09. The lowest BCUT2D eigenvalue weighted by molar-refractivity contribution is 0.583. The summed E-state index contributed by atoms with van der Waals surface area (Å²) < 4.78 is 26.8. The van der Waals surface area contributed by atoms with Crippen LogP contribution in [0.25, 0.3) is 0 Å². The monoisotopic (exact) mass is 297 g/mol. The zero-order valence-corrected chi connectivity index (χ0v) is 12.9. The summed E-state index contributed by atoms with van der Waals surface area (Å²) in [5.74, 6) is 0. The highest BCUT2D eigenvalue weighted by molar-refractivity contribution is 7.89. The van der Waals surface area contributed by atoms with E-state index in [1.165, 1.54) is 19.9 Å². The molecule has 1 fully saturated rings. The normalized spacial score (nSPS) is 16.5. The van der Waals surface area contributed by atoms with Gasteiger partial charge >= 0.3 is 0 Å². The van der Waals surface area contributed by atoms with E-state index in [4.69, 9.17) is 5.73 Å². The van der Waals surface area contributed by atoms with Gasteiger partial charge in [0.1, 0.15) is 4.90 Å². The summed E-state index contributed by atoms with van der Waals surface area (Å²) in [7, 11) is -2.08. The van der Waals surface area contributed by atoms with Crippen molar-refractivity contribution in [2.45, 2.75) is 43.5 Å². The van der Waals surface area contributed by atoms with Gasteiger partial charge in [-0.1, -0.05) is 12.8 Å². The number of nitrogens with zero attached hydrogens (tertiary/aromatic N) is 1. The fraction of sp³-hybridized carbons (Fsp3) is 0.571. The lowest BCUT2D eigenvalue weighted by Gasteiger charge is -2.31. The zero-order chi connectivity index (χ0) is 14.8. The molecule has 1 aliphatic rings. The molecule has 1 aliphatic carbocycles. The topological polar surface area (TPSA) is 75.4 Å². The molecule has 0 amide bonds. The van der Waals surface area contributed by atoms with Crippen LogP contribution >= 0.6 is 0 Å². The molecule has 1 aromatic carbocycles. The van der Waals surface area contributed by atoms with Gasteiger partial charge in [0.15, 0.2) is 0 Å². The maximum atomic E-state index is 12.2. The molecule has 6 heteroatoms. The minimum Gasteiger partial charge on any atom is -0.399 e. The molecule has 20 heavy (non-hydrogen) atoms. The SMILES string of the molecule is CCN(c1ccc(N)cc1S(=O)(=O)NC)C1CCCC1. The fourth-order valence-corrected chi connectivity index (χ4v) is 3.91. The molecule has 0 saturated heterocycles. The predicted molar refractivity (Wildman–Crippen MR) is 82.4 cm³/mol.